The second-order valence-electron chi connectivity index (χ2n) is 5.03. The Labute approximate surface area is 124 Å². The van der Waals surface area contributed by atoms with E-state index in [-0.39, 0.29) is 24.5 Å². The number of benzene rings is 1. The Kier molecular flexibility index (Phi) is 5.57. The Bertz CT molecular complexity index is 478. The van der Waals surface area contributed by atoms with Gasteiger partial charge in [-0.3, -0.25) is 4.79 Å². The smallest absolute Gasteiger partial charge is 0.315 e. The summed E-state index contributed by atoms with van der Waals surface area (Å²) < 4.78 is 5.28. The maximum absolute atomic E-state index is 12.0. The van der Waals surface area contributed by atoms with E-state index < -0.39 is 0 Å². The van der Waals surface area contributed by atoms with E-state index in [2.05, 4.69) is 10.6 Å². The summed E-state index contributed by atoms with van der Waals surface area (Å²) in [5.41, 5.74) is 1.01. The van der Waals surface area contributed by atoms with Crippen molar-refractivity contribution in [3.05, 3.63) is 35.9 Å². The molecule has 3 amide bonds. The van der Waals surface area contributed by atoms with Crippen LogP contribution in [0.25, 0.3) is 0 Å². The van der Waals surface area contributed by atoms with Crippen LogP contribution in [0.2, 0.25) is 0 Å². The van der Waals surface area contributed by atoms with Crippen molar-refractivity contribution in [2.45, 2.75) is 19.5 Å². The zero-order chi connectivity index (χ0) is 15.1. The molecule has 1 aliphatic heterocycles. The Balaban J connectivity index is 1.69. The number of hydrogen-bond donors (Lipinski definition) is 2. The van der Waals surface area contributed by atoms with Gasteiger partial charge >= 0.3 is 6.03 Å². The SMILES string of the molecule is C[C@@H]1COCCN1C(=O)CNC(=O)NCc1ccccc1. The second kappa shape index (κ2) is 7.64. The van der Waals surface area contributed by atoms with Crippen molar-refractivity contribution < 1.29 is 14.3 Å². The van der Waals surface area contributed by atoms with Crippen LogP contribution in [-0.2, 0) is 16.1 Å². The minimum atomic E-state index is -0.340. The van der Waals surface area contributed by atoms with Gasteiger partial charge in [-0.1, -0.05) is 30.3 Å². The lowest BCUT2D eigenvalue weighted by molar-refractivity contribution is -0.137. The van der Waals surface area contributed by atoms with Gasteiger partial charge < -0.3 is 20.3 Å². The molecule has 1 fully saturated rings. The monoisotopic (exact) mass is 291 g/mol. The fourth-order valence-corrected chi connectivity index (χ4v) is 2.20. The number of nitrogens with one attached hydrogen (secondary N) is 2. The van der Waals surface area contributed by atoms with Crippen LogP contribution < -0.4 is 10.6 Å². The van der Waals surface area contributed by atoms with E-state index in [1.165, 1.54) is 0 Å². The van der Waals surface area contributed by atoms with Gasteiger partial charge in [-0.05, 0) is 12.5 Å². The maximum Gasteiger partial charge on any atom is 0.315 e. The quantitative estimate of drug-likeness (QED) is 0.859. The predicted octanol–water partition coefficient (Wildman–Crippen LogP) is 0.733. The molecule has 0 bridgehead atoms. The lowest BCUT2D eigenvalue weighted by Crippen LogP contribution is -2.51. The lowest BCUT2D eigenvalue weighted by atomic mass is 10.2. The highest BCUT2D eigenvalue weighted by Crippen LogP contribution is 2.05. The number of rotatable bonds is 4. The van der Waals surface area contributed by atoms with Gasteiger partial charge in [-0.25, -0.2) is 4.79 Å². The zero-order valence-electron chi connectivity index (χ0n) is 12.2. The standard InChI is InChI=1S/C15H21N3O3/c1-12-11-21-8-7-18(12)14(19)10-17-15(20)16-9-13-5-3-2-4-6-13/h2-6,12H,7-11H2,1H3,(H2,16,17,20)/t12-/m1/s1. The first kappa shape index (κ1) is 15.3. The molecule has 1 atom stereocenters. The first-order valence-electron chi connectivity index (χ1n) is 7.09. The molecule has 2 N–H and O–H groups in total. The summed E-state index contributed by atoms with van der Waals surface area (Å²) in [6.45, 7) is 4.06. The van der Waals surface area contributed by atoms with Crippen LogP contribution in [0.15, 0.2) is 30.3 Å². The predicted molar refractivity (Wildman–Crippen MR) is 78.7 cm³/mol. The highest BCUT2D eigenvalue weighted by molar-refractivity contribution is 5.84. The molecule has 2 rings (SSSR count). The number of carbonyl (C=O) groups excluding carboxylic acids is 2. The van der Waals surface area contributed by atoms with Gasteiger partial charge in [0.2, 0.25) is 5.91 Å². The van der Waals surface area contributed by atoms with Crippen molar-refractivity contribution >= 4 is 11.9 Å². The number of morpholine rings is 1. The molecular formula is C15H21N3O3. The van der Waals surface area contributed by atoms with Crippen LogP contribution >= 0.6 is 0 Å². The van der Waals surface area contributed by atoms with Gasteiger partial charge in [0.1, 0.15) is 0 Å². The van der Waals surface area contributed by atoms with Gasteiger partial charge in [-0.15, -0.1) is 0 Å². The summed E-state index contributed by atoms with van der Waals surface area (Å²) in [6.07, 6.45) is 0. The van der Waals surface area contributed by atoms with E-state index in [0.29, 0.717) is 26.3 Å². The largest absolute Gasteiger partial charge is 0.377 e. The summed E-state index contributed by atoms with van der Waals surface area (Å²) in [6, 6.07) is 9.33. The number of carbonyl (C=O) groups is 2. The van der Waals surface area contributed by atoms with Crippen molar-refractivity contribution in [1.29, 1.82) is 0 Å². The van der Waals surface area contributed by atoms with E-state index in [4.69, 9.17) is 4.74 Å². The minimum absolute atomic E-state index is 0.00492. The van der Waals surface area contributed by atoms with E-state index in [1.807, 2.05) is 37.3 Å². The van der Waals surface area contributed by atoms with Gasteiger partial charge in [0.15, 0.2) is 0 Å². The number of hydrogen-bond acceptors (Lipinski definition) is 3. The minimum Gasteiger partial charge on any atom is -0.377 e. The number of amides is 3. The highest BCUT2D eigenvalue weighted by Gasteiger charge is 2.23. The van der Waals surface area contributed by atoms with Crippen molar-refractivity contribution in [3.8, 4) is 0 Å². The summed E-state index contributed by atoms with van der Waals surface area (Å²) in [4.78, 5) is 25.4. The molecule has 6 nitrogen and oxygen atoms in total. The molecule has 1 aromatic rings. The van der Waals surface area contributed by atoms with Gasteiger partial charge in [-0.2, -0.15) is 0 Å². The van der Waals surface area contributed by atoms with Gasteiger partial charge in [0.25, 0.3) is 0 Å². The molecule has 1 aromatic carbocycles. The summed E-state index contributed by atoms with van der Waals surface area (Å²) in [5.74, 6) is -0.0827. The molecule has 114 valence electrons. The third-order valence-corrected chi connectivity index (χ3v) is 3.38. The number of ether oxygens (including phenoxy) is 1. The molecule has 1 saturated heterocycles. The molecule has 21 heavy (non-hydrogen) atoms. The van der Waals surface area contributed by atoms with Crippen LogP contribution in [0.4, 0.5) is 4.79 Å². The average Bonchev–Trinajstić information content (AvgIpc) is 2.52. The third kappa shape index (κ3) is 4.75. The van der Waals surface area contributed by atoms with E-state index >= 15 is 0 Å². The molecule has 0 saturated carbocycles. The number of urea groups is 1. The molecule has 6 heteroatoms. The molecule has 1 heterocycles. The van der Waals surface area contributed by atoms with Crippen LogP contribution in [0.1, 0.15) is 12.5 Å². The molecule has 0 aromatic heterocycles. The van der Waals surface area contributed by atoms with Crippen LogP contribution in [0.5, 0.6) is 0 Å². The Morgan fingerprint density at radius 3 is 2.76 bits per heavy atom. The van der Waals surface area contributed by atoms with Gasteiger partial charge in [0.05, 0.1) is 25.8 Å². The molecule has 0 unspecified atom stereocenters. The maximum atomic E-state index is 12.0. The first-order chi connectivity index (χ1) is 10.2. The highest BCUT2D eigenvalue weighted by atomic mass is 16.5. The Hall–Kier alpha value is -2.08. The number of nitrogens with zero attached hydrogens (tertiary/aromatic N) is 1. The van der Waals surface area contributed by atoms with E-state index in [0.717, 1.165) is 5.56 Å². The van der Waals surface area contributed by atoms with Crippen molar-refractivity contribution in [2.24, 2.45) is 0 Å². The van der Waals surface area contributed by atoms with Crippen LogP contribution in [0, 0.1) is 0 Å². The molecular weight excluding hydrogens is 270 g/mol. The Morgan fingerprint density at radius 2 is 2.05 bits per heavy atom. The second-order valence-corrected chi connectivity index (χ2v) is 5.03. The third-order valence-electron chi connectivity index (χ3n) is 3.38. The van der Waals surface area contributed by atoms with Crippen molar-refractivity contribution in [1.82, 2.24) is 15.5 Å². The lowest BCUT2D eigenvalue weighted by Gasteiger charge is -2.33. The molecule has 0 radical (unpaired) electrons. The summed E-state index contributed by atoms with van der Waals surface area (Å²) >= 11 is 0. The summed E-state index contributed by atoms with van der Waals surface area (Å²) in [5, 5.41) is 5.31. The fourth-order valence-electron chi connectivity index (χ4n) is 2.20. The molecule has 0 aliphatic carbocycles. The molecule has 0 spiro atoms. The van der Waals surface area contributed by atoms with Crippen molar-refractivity contribution in [3.63, 3.8) is 0 Å². The Morgan fingerprint density at radius 1 is 1.29 bits per heavy atom. The molecule has 1 aliphatic rings. The van der Waals surface area contributed by atoms with Crippen LogP contribution in [0.3, 0.4) is 0 Å². The topological polar surface area (TPSA) is 70.7 Å². The van der Waals surface area contributed by atoms with Gasteiger partial charge in [0, 0.05) is 13.1 Å². The fraction of sp³-hybridized carbons (Fsp3) is 0.467. The van der Waals surface area contributed by atoms with E-state index in [9.17, 15) is 9.59 Å². The normalized spacial score (nSPS) is 18.1. The average molecular weight is 291 g/mol. The first-order valence-corrected chi connectivity index (χ1v) is 7.09. The van der Waals surface area contributed by atoms with Crippen LogP contribution in [-0.4, -0.2) is 49.2 Å². The summed E-state index contributed by atoms with van der Waals surface area (Å²) in [7, 11) is 0. The van der Waals surface area contributed by atoms with Crippen molar-refractivity contribution in [2.75, 3.05) is 26.3 Å². The van der Waals surface area contributed by atoms with E-state index in [1.54, 1.807) is 4.90 Å². The zero-order valence-corrected chi connectivity index (χ0v) is 12.2.